The zero-order valence-corrected chi connectivity index (χ0v) is 23.3. The lowest BCUT2D eigenvalue weighted by Gasteiger charge is -2.39. The molecule has 4 heteroatoms. The van der Waals surface area contributed by atoms with E-state index in [-0.39, 0.29) is 5.04 Å². The molecule has 1 aliphatic rings. The van der Waals surface area contributed by atoms with Crippen LogP contribution in [0.5, 0.6) is 5.75 Å². The molecular weight excluding hydrogens is 389 g/mol. The Hall–Kier alpha value is -0.849. The van der Waals surface area contributed by atoms with Gasteiger partial charge in [0.15, 0.2) is 0 Å². The first-order chi connectivity index (χ1) is 12.6. The fourth-order valence-corrected chi connectivity index (χ4v) is 11.5. The molecule has 0 spiro atoms. The molecule has 0 atom stereocenters. The van der Waals surface area contributed by atoms with Crippen molar-refractivity contribution in [2.24, 2.45) is 0 Å². The van der Waals surface area contributed by atoms with Gasteiger partial charge in [0.1, 0.15) is 5.75 Å². The summed E-state index contributed by atoms with van der Waals surface area (Å²) in [6, 6.07) is 4.78. The fraction of sp³-hybridized carbons (Fsp3) is 0.583. The molecule has 0 fully saturated rings. The van der Waals surface area contributed by atoms with Gasteiger partial charge < -0.3 is 4.74 Å². The van der Waals surface area contributed by atoms with E-state index in [1.807, 2.05) is 7.11 Å². The van der Waals surface area contributed by atoms with E-state index in [1.165, 1.54) is 21.9 Å². The van der Waals surface area contributed by atoms with Crippen LogP contribution in [-0.2, 0) is 0 Å². The molecule has 2 rings (SSSR count). The molecule has 1 aromatic carbocycles. The molecule has 0 N–H and O–H groups in total. The van der Waals surface area contributed by atoms with Gasteiger partial charge in [-0.2, -0.15) is 0 Å². The lowest BCUT2D eigenvalue weighted by molar-refractivity contribution is 0.416. The van der Waals surface area contributed by atoms with Crippen LogP contribution in [0.1, 0.15) is 38.3 Å². The maximum absolute atomic E-state index is 6.18. The molecule has 1 aliphatic carbocycles. The van der Waals surface area contributed by atoms with Crippen LogP contribution in [0.2, 0.25) is 50.9 Å². The number of methoxy groups -OCH3 is 1. The van der Waals surface area contributed by atoms with Crippen LogP contribution in [0.4, 0.5) is 0 Å². The standard InChI is InChI=1S/C24H41OSi3/c1-17-15-19(18-13-14-20(26(6)7)23(18)27(8,9)10)22(25-5)21(16-17)28(11,12)24(2,3)4/h13,15-16H,14H2,1-12H3. The molecular formula is C24H41OSi3. The fourth-order valence-electron chi connectivity index (χ4n) is 4.19. The molecule has 1 radical (unpaired) electrons. The minimum atomic E-state index is -1.72. The zero-order chi connectivity index (χ0) is 21.7. The number of hydrogen-bond acceptors (Lipinski definition) is 1. The van der Waals surface area contributed by atoms with E-state index in [0.29, 0.717) is 0 Å². The third-order valence-electron chi connectivity index (χ3n) is 6.71. The van der Waals surface area contributed by atoms with E-state index < -0.39 is 24.9 Å². The minimum Gasteiger partial charge on any atom is -0.496 e. The topological polar surface area (TPSA) is 9.23 Å². The summed E-state index contributed by atoms with van der Waals surface area (Å²) in [5.74, 6) is 1.14. The van der Waals surface area contributed by atoms with Crippen molar-refractivity contribution in [1.29, 1.82) is 0 Å². The van der Waals surface area contributed by atoms with E-state index in [4.69, 9.17) is 4.74 Å². The molecule has 28 heavy (non-hydrogen) atoms. The Labute approximate surface area is 177 Å². The second-order valence-electron chi connectivity index (χ2n) is 11.2. The Morgan fingerprint density at radius 3 is 2.00 bits per heavy atom. The number of rotatable bonds is 5. The van der Waals surface area contributed by atoms with Gasteiger partial charge >= 0.3 is 0 Å². The molecule has 1 nitrogen and oxygen atoms in total. The number of benzene rings is 1. The van der Waals surface area contributed by atoms with Crippen molar-refractivity contribution in [2.75, 3.05) is 7.11 Å². The molecule has 0 bridgehead atoms. The molecule has 0 saturated carbocycles. The number of ether oxygens (including phenoxy) is 1. The highest BCUT2D eigenvalue weighted by atomic mass is 28.3. The summed E-state index contributed by atoms with van der Waals surface area (Å²) in [4.78, 5) is 0. The molecule has 0 aromatic heterocycles. The van der Waals surface area contributed by atoms with Gasteiger partial charge in [-0.25, -0.2) is 0 Å². The highest BCUT2D eigenvalue weighted by Crippen LogP contribution is 2.45. The summed E-state index contributed by atoms with van der Waals surface area (Å²) in [5, 5.41) is 5.20. The van der Waals surface area contributed by atoms with Gasteiger partial charge in [-0.1, -0.05) is 94.7 Å². The second-order valence-corrected chi connectivity index (χ2v) is 24.1. The monoisotopic (exact) mass is 429 g/mol. The van der Waals surface area contributed by atoms with E-state index in [2.05, 4.69) is 91.7 Å². The number of hydrogen-bond donors (Lipinski definition) is 0. The summed E-state index contributed by atoms with van der Waals surface area (Å²) in [7, 11) is -1.75. The van der Waals surface area contributed by atoms with Crippen molar-refractivity contribution in [1.82, 2.24) is 0 Å². The van der Waals surface area contributed by atoms with Gasteiger partial charge in [0.05, 0.1) is 32.1 Å². The Kier molecular flexibility index (Phi) is 6.50. The Bertz CT molecular complexity index is 815. The minimum absolute atomic E-state index is 0.279. The Balaban J connectivity index is 2.81. The molecule has 0 aliphatic heterocycles. The molecule has 0 amide bonds. The summed E-state index contributed by atoms with van der Waals surface area (Å²) in [5.41, 5.74) is 4.19. The van der Waals surface area contributed by atoms with Crippen LogP contribution in [0.25, 0.3) is 5.57 Å². The molecule has 0 saturated heterocycles. The van der Waals surface area contributed by atoms with Gasteiger partial charge in [-0.3, -0.25) is 0 Å². The predicted molar refractivity (Wildman–Crippen MR) is 135 cm³/mol. The average molecular weight is 430 g/mol. The van der Waals surface area contributed by atoms with Crippen LogP contribution in [0.15, 0.2) is 28.6 Å². The molecule has 0 unspecified atom stereocenters. The predicted octanol–water partition coefficient (Wildman–Crippen LogP) is 6.97. The van der Waals surface area contributed by atoms with Crippen LogP contribution < -0.4 is 9.92 Å². The van der Waals surface area contributed by atoms with Crippen molar-refractivity contribution >= 4 is 35.7 Å². The van der Waals surface area contributed by atoms with Gasteiger partial charge in [0, 0.05) is 5.56 Å². The smallest absolute Gasteiger partial charge is 0.125 e. The first kappa shape index (κ1) is 23.4. The first-order valence-electron chi connectivity index (χ1n) is 10.6. The van der Waals surface area contributed by atoms with Crippen molar-refractivity contribution in [3.05, 3.63) is 39.7 Å². The maximum atomic E-state index is 6.18. The van der Waals surface area contributed by atoms with Crippen LogP contribution >= 0.6 is 0 Å². The molecule has 0 heterocycles. The quantitative estimate of drug-likeness (QED) is 0.459. The van der Waals surface area contributed by atoms with E-state index in [9.17, 15) is 0 Å². The highest BCUT2D eigenvalue weighted by Gasteiger charge is 2.41. The zero-order valence-electron chi connectivity index (χ0n) is 20.3. The number of aryl methyl sites for hydroxylation is 1. The second kappa shape index (κ2) is 7.77. The van der Waals surface area contributed by atoms with Crippen molar-refractivity contribution in [2.45, 2.75) is 85.0 Å². The summed E-state index contributed by atoms with van der Waals surface area (Å²) in [6.45, 7) is 26.8. The lowest BCUT2D eigenvalue weighted by Crippen LogP contribution is -2.50. The molecule has 1 aromatic rings. The molecule has 155 valence electrons. The maximum Gasteiger partial charge on any atom is 0.125 e. The van der Waals surface area contributed by atoms with E-state index in [1.54, 1.807) is 10.4 Å². The van der Waals surface area contributed by atoms with Crippen LogP contribution in [0.3, 0.4) is 0 Å². The van der Waals surface area contributed by atoms with Crippen molar-refractivity contribution in [3.63, 3.8) is 0 Å². The van der Waals surface area contributed by atoms with Gasteiger partial charge in [-0.05, 0) is 35.2 Å². The Morgan fingerprint density at radius 2 is 1.57 bits per heavy atom. The van der Waals surface area contributed by atoms with Crippen molar-refractivity contribution < 1.29 is 4.74 Å². The third-order valence-corrected chi connectivity index (χ3v) is 16.2. The van der Waals surface area contributed by atoms with Crippen LogP contribution in [0, 0.1) is 6.92 Å². The van der Waals surface area contributed by atoms with E-state index >= 15 is 0 Å². The SMILES string of the molecule is COc1c(C2=CCC([Si](C)C)=C2[Si](C)(C)C)cc(C)cc1[Si](C)(C)C(C)(C)C. The third kappa shape index (κ3) is 4.19. The number of allylic oxidation sites excluding steroid dienone is 4. The normalized spacial score (nSPS) is 16.1. The highest BCUT2D eigenvalue weighted by molar-refractivity contribution is 6.93. The van der Waals surface area contributed by atoms with Crippen molar-refractivity contribution in [3.8, 4) is 5.75 Å². The summed E-state index contributed by atoms with van der Waals surface area (Å²) < 4.78 is 6.18. The summed E-state index contributed by atoms with van der Waals surface area (Å²) in [6.07, 6.45) is 3.65. The summed E-state index contributed by atoms with van der Waals surface area (Å²) >= 11 is 0. The van der Waals surface area contributed by atoms with Gasteiger partial charge in [0.2, 0.25) is 0 Å². The van der Waals surface area contributed by atoms with Gasteiger partial charge in [0.25, 0.3) is 0 Å². The largest absolute Gasteiger partial charge is 0.496 e. The lowest BCUT2D eigenvalue weighted by atomic mass is 10.0. The first-order valence-corrected chi connectivity index (χ1v) is 19.6. The van der Waals surface area contributed by atoms with E-state index in [0.717, 1.165) is 12.2 Å². The Morgan fingerprint density at radius 1 is 1.00 bits per heavy atom. The average Bonchev–Trinajstić information content (AvgIpc) is 2.98. The van der Waals surface area contributed by atoms with Gasteiger partial charge in [-0.15, -0.1) is 0 Å². The van der Waals surface area contributed by atoms with Crippen LogP contribution in [-0.4, -0.2) is 32.1 Å².